The van der Waals surface area contributed by atoms with E-state index in [4.69, 9.17) is 4.74 Å². The lowest BCUT2D eigenvalue weighted by atomic mass is 10.2. The summed E-state index contributed by atoms with van der Waals surface area (Å²) in [6, 6.07) is 6.71. The minimum atomic E-state index is -0.840. The lowest BCUT2D eigenvalue weighted by Gasteiger charge is -2.27. The van der Waals surface area contributed by atoms with Gasteiger partial charge >= 0.3 is 0 Å². The van der Waals surface area contributed by atoms with Crippen molar-refractivity contribution in [3.8, 4) is 10.6 Å². The third-order valence-corrected chi connectivity index (χ3v) is 5.14. The number of thiazole rings is 1. The average molecular weight is 402 g/mol. The number of pyridine rings is 1. The van der Waals surface area contributed by atoms with Crippen molar-refractivity contribution in [3.05, 3.63) is 59.2 Å². The predicted octanol–water partition coefficient (Wildman–Crippen LogP) is 3.57. The van der Waals surface area contributed by atoms with E-state index in [1.54, 1.807) is 11.6 Å². The predicted molar refractivity (Wildman–Crippen MR) is 103 cm³/mol. The van der Waals surface area contributed by atoms with Gasteiger partial charge in [-0.25, -0.2) is 18.7 Å². The maximum absolute atomic E-state index is 13.7. The Morgan fingerprint density at radius 2 is 2.00 bits per heavy atom. The van der Waals surface area contributed by atoms with Gasteiger partial charge in [-0.05, 0) is 24.3 Å². The zero-order valence-electron chi connectivity index (χ0n) is 14.7. The highest BCUT2D eigenvalue weighted by molar-refractivity contribution is 7.13. The molecule has 2 aromatic heterocycles. The molecular formula is C19H16F2N4O2S. The van der Waals surface area contributed by atoms with Crippen LogP contribution < -0.4 is 10.2 Å². The number of anilines is 2. The molecule has 1 fully saturated rings. The molecule has 0 unspecified atom stereocenters. The van der Waals surface area contributed by atoms with Gasteiger partial charge in [-0.3, -0.25) is 4.79 Å². The van der Waals surface area contributed by atoms with Gasteiger partial charge in [-0.15, -0.1) is 11.3 Å². The third kappa shape index (κ3) is 4.00. The first kappa shape index (κ1) is 18.5. The molecular weight excluding hydrogens is 386 g/mol. The molecule has 0 radical (unpaired) electrons. The number of hydrogen-bond acceptors (Lipinski definition) is 6. The Hall–Kier alpha value is -2.91. The molecule has 3 heterocycles. The van der Waals surface area contributed by atoms with Crippen molar-refractivity contribution in [3.63, 3.8) is 0 Å². The second-order valence-electron chi connectivity index (χ2n) is 6.12. The van der Waals surface area contributed by atoms with E-state index < -0.39 is 17.5 Å². The van der Waals surface area contributed by atoms with Gasteiger partial charge < -0.3 is 15.0 Å². The van der Waals surface area contributed by atoms with Crippen molar-refractivity contribution in [1.29, 1.82) is 0 Å². The number of amides is 1. The van der Waals surface area contributed by atoms with E-state index in [1.807, 2.05) is 12.1 Å². The van der Waals surface area contributed by atoms with Crippen molar-refractivity contribution in [1.82, 2.24) is 9.97 Å². The summed E-state index contributed by atoms with van der Waals surface area (Å²) in [5, 5.41) is 4.66. The Morgan fingerprint density at radius 1 is 1.18 bits per heavy atom. The molecule has 1 aliphatic heterocycles. The molecule has 9 heteroatoms. The van der Waals surface area contributed by atoms with Gasteiger partial charge in [0.1, 0.15) is 28.2 Å². The largest absolute Gasteiger partial charge is 0.378 e. The number of nitrogens with zero attached hydrogens (tertiary/aromatic N) is 3. The fourth-order valence-corrected chi connectivity index (χ4v) is 3.60. The number of aromatic nitrogens is 2. The molecule has 4 rings (SSSR count). The van der Waals surface area contributed by atoms with Gasteiger partial charge in [0, 0.05) is 36.3 Å². The first-order valence-electron chi connectivity index (χ1n) is 8.61. The summed E-state index contributed by atoms with van der Waals surface area (Å²) in [5.74, 6) is -1.28. The second-order valence-corrected chi connectivity index (χ2v) is 6.98. The van der Waals surface area contributed by atoms with Crippen LogP contribution in [0.3, 0.4) is 0 Å². The first-order valence-corrected chi connectivity index (χ1v) is 9.49. The van der Waals surface area contributed by atoms with Crippen LogP contribution in [0.2, 0.25) is 0 Å². The topological polar surface area (TPSA) is 67.4 Å². The molecule has 0 saturated carbocycles. The Bertz CT molecular complexity index is 1010. The smallest absolute Gasteiger partial charge is 0.275 e. The summed E-state index contributed by atoms with van der Waals surface area (Å²) < 4.78 is 32.1. The van der Waals surface area contributed by atoms with Crippen LogP contribution in [0.1, 0.15) is 10.5 Å². The van der Waals surface area contributed by atoms with Crippen LogP contribution in [0, 0.1) is 11.6 Å². The summed E-state index contributed by atoms with van der Waals surface area (Å²) in [6.07, 6.45) is 1.70. The number of rotatable bonds is 4. The number of morpholine rings is 1. The number of halogens is 2. The van der Waals surface area contributed by atoms with E-state index in [1.165, 1.54) is 17.4 Å². The fourth-order valence-electron chi connectivity index (χ4n) is 2.80. The van der Waals surface area contributed by atoms with E-state index in [0.29, 0.717) is 24.3 Å². The average Bonchev–Trinajstić information content (AvgIpc) is 3.21. The lowest BCUT2D eigenvalue weighted by molar-refractivity contribution is 0.102. The highest BCUT2D eigenvalue weighted by atomic mass is 32.1. The summed E-state index contributed by atoms with van der Waals surface area (Å²) in [6.45, 7) is 2.86. The maximum atomic E-state index is 13.7. The quantitative estimate of drug-likeness (QED) is 0.723. The van der Waals surface area contributed by atoms with E-state index in [0.717, 1.165) is 30.5 Å². The van der Waals surface area contributed by atoms with Crippen LogP contribution in [-0.2, 0) is 4.74 Å². The molecule has 0 aliphatic carbocycles. The molecule has 1 saturated heterocycles. The zero-order valence-corrected chi connectivity index (χ0v) is 15.5. The van der Waals surface area contributed by atoms with Gasteiger partial charge in [-0.1, -0.05) is 0 Å². The fraction of sp³-hybridized carbons (Fsp3) is 0.211. The van der Waals surface area contributed by atoms with Crippen molar-refractivity contribution in [2.24, 2.45) is 0 Å². The lowest BCUT2D eigenvalue weighted by Crippen LogP contribution is -2.36. The van der Waals surface area contributed by atoms with Gasteiger partial charge in [0.25, 0.3) is 5.91 Å². The first-order chi connectivity index (χ1) is 13.6. The number of hydrogen-bond donors (Lipinski definition) is 1. The summed E-state index contributed by atoms with van der Waals surface area (Å²) >= 11 is 1.31. The van der Waals surface area contributed by atoms with Crippen LogP contribution >= 0.6 is 11.3 Å². The molecule has 1 N–H and O–H groups in total. The minimum absolute atomic E-state index is 0.0977. The van der Waals surface area contributed by atoms with Gasteiger partial charge in [0.05, 0.1) is 18.9 Å². The van der Waals surface area contributed by atoms with Crippen molar-refractivity contribution in [2.75, 3.05) is 36.5 Å². The number of ether oxygens (including phenoxy) is 1. The number of benzene rings is 1. The summed E-state index contributed by atoms with van der Waals surface area (Å²) in [5.41, 5.74) is 0.904. The van der Waals surface area contributed by atoms with Gasteiger partial charge in [-0.2, -0.15) is 0 Å². The zero-order chi connectivity index (χ0) is 19.5. The molecule has 0 bridgehead atoms. The SMILES string of the molecule is O=C(Nc1ccc(F)cc1F)c1csc(-c2ccnc(N3CCOCC3)c2)n1. The monoisotopic (exact) mass is 402 g/mol. The second kappa shape index (κ2) is 7.99. The Labute approximate surface area is 163 Å². The Morgan fingerprint density at radius 3 is 2.79 bits per heavy atom. The van der Waals surface area contributed by atoms with Crippen LogP contribution in [0.4, 0.5) is 20.3 Å². The molecule has 1 amide bonds. The van der Waals surface area contributed by atoms with E-state index in [-0.39, 0.29) is 11.4 Å². The van der Waals surface area contributed by atoms with Crippen LogP contribution in [0.15, 0.2) is 41.9 Å². The Balaban J connectivity index is 1.51. The summed E-state index contributed by atoms with van der Waals surface area (Å²) in [7, 11) is 0. The van der Waals surface area contributed by atoms with E-state index in [2.05, 4.69) is 20.2 Å². The normalized spacial score (nSPS) is 14.1. The third-order valence-electron chi connectivity index (χ3n) is 4.24. The molecule has 0 spiro atoms. The molecule has 1 aliphatic rings. The van der Waals surface area contributed by atoms with Gasteiger partial charge in [0.15, 0.2) is 0 Å². The molecule has 144 valence electrons. The van der Waals surface area contributed by atoms with Gasteiger partial charge in [0.2, 0.25) is 0 Å². The van der Waals surface area contributed by atoms with E-state index >= 15 is 0 Å². The van der Waals surface area contributed by atoms with E-state index in [9.17, 15) is 13.6 Å². The van der Waals surface area contributed by atoms with Crippen LogP contribution in [0.25, 0.3) is 10.6 Å². The number of carbonyl (C=O) groups is 1. The highest BCUT2D eigenvalue weighted by Crippen LogP contribution is 2.27. The Kier molecular flexibility index (Phi) is 5.27. The van der Waals surface area contributed by atoms with Crippen LogP contribution in [-0.4, -0.2) is 42.2 Å². The van der Waals surface area contributed by atoms with Crippen molar-refractivity contribution >= 4 is 28.7 Å². The number of carbonyl (C=O) groups excluding carboxylic acids is 1. The highest BCUT2D eigenvalue weighted by Gasteiger charge is 2.16. The minimum Gasteiger partial charge on any atom is -0.378 e. The van der Waals surface area contributed by atoms with Crippen molar-refractivity contribution in [2.45, 2.75) is 0 Å². The maximum Gasteiger partial charge on any atom is 0.275 e. The molecule has 0 atom stereocenters. The van der Waals surface area contributed by atoms with Crippen LogP contribution in [0.5, 0.6) is 0 Å². The molecule has 28 heavy (non-hydrogen) atoms. The standard InChI is InChI=1S/C19H16F2N4O2S/c20-13-1-2-15(14(21)10-13)23-18(26)16-11-28-19(24-16)12-3-4-22-17(9-12)25-5-7-27-8-6-25/h1-4,9-11H,5-8H2,(H,23,26). The van der Waals surface area contributed by atoms with Crippen molar-refractivity contribution < 1.29 is 18.3 Å². The number of nitrogens with one attached hydrogen (secondary N) is 1. The molecule has 6 nitrogen and oxygen atoms in total. The molecule has 1 aromatic carbocycles. The summed E-state index contributed by atoms with van der Waals surface area (Å²) in [4.78, 5) is 23.2. The molecule has 3 aromatic rings.